The zero-order valence-corrected chi connectivity index (χ0v) is 17.7. The van der Waals surface area contributed by atoms with Gasteiger partial charge >= 0.3 is 0 Å². The predicted octanol–water partition coefficient (Wildman–Crippen LogP) is 2.83. The first-order valence-electron chi connectivity index (χ1n) is 10.5. The van der Waals surface area contributed by atoms with E-state index in [0.29, 0.717) is 18.5 Å². The number of carbonyl (C=O) groups is 1. The molecule has 9 heteroatoms. The molecular weight excluding hydrogens is 384 g/mol. The number of hydrogen-bond donors (Lipinski definition) is 2. The van der Waals surface area contributed by atoms with E-state index in [9.17, 15) is 4.79 Å². The van der Waals surface area contributed by atoms with Crippen molar-refractivity contribution in [3.8, 4) is 0 Å². The molecule has 1 aliphatic rings. The van der Waals surface area contributed by atoms with Crippen LogP contribution in [0.2, 0.25) is 0 Å². The van der Waals surface area contributed by atoms with Crippen molar-refractivity contribution in [3.05, 3.63) is 35.3 Å². The molecule has 4 rings (SSSR count). The summed E-state index contributed by atoms with van der Waals surface area (Å²) in [5, 5.41) is 12.2. The van der Waals surface area contributed by atoms with Crippen molar-refractivity contribution in [2.24, 2.45) is 0 Å². The molecule has 0 unspecified atom stereocenters. The minimum Gasteiger partial charge on any atom is -0.448 e. The maximum Gasteiger partial charge on any atom is 0.273 e. The van der Waals surface area contributed by atoms with E-state index in [2.05, 4.69) is 34.6 Å². The lowest BCUT2D eigenvalue weighted by Crippen LogP contribution is -2.30. The summed E-state index contributed by atoms with van der Waals surface area (Å²) in [6.45, 7) is 8.43. The van der Waals surface area contributed by atoms with Crippen LogP contribution in [0.4, 0.5) is 5.69 Å². The minimum absolute atomic E-state index is 0.268. The van der Waals surface area contributed by atoms with Gasteiger partial charge in [-0.15, -0.1) is 0 Å². The molecule has 0 spiro atoms. The van der Waals surface area contributed by atoms with Crippen molar-refractivity contribution in [1.82, 2.24) is 25.1 Å². The maximum atomic E-state index is 12.5. The first-order valence-corrected chi connectivity index (χ1v) is 10.5. The van der Waals surface area contributed by atoms with Gasteiger partial charge in [-0.1, -0.05) is 6.92 Å². The lowest BCUT2D eigenvalue weighted by Gasteiger charge is -2.26. The standard InChI is InChI=1S/C21H28N6O3/c1-4-17-15(10-22-21(28)18-12-30-13(3)24-18)19(25-14-6-8-29-9-7-14)16-11-23-27(5-2)20(16)26-17/h11-12,14H,4-10H2,1-3H3,(H,22,28)(H,25,26). The Morgan fingerprint density at radius 3 is 2.73 bits per heavy atom. The smallest absolute Gasteiger partial charge is 0.273 e. The molecule has 1 saturated heterocycles. The highest BCUT2D eigenvalue weighted by Gasteiger charge is 2.22. The Balaban J connectivity index is 1.69. The quantitative estimate of drug-likeness (QED) is 0.614. The van der Waals surface area contributed by atoms with Gasteiger partial charge in [0.1, 0.15) is 6.26 Å². The zero-order chi connectivity index (χ0) is 21.1. The van der Waals surface area contributed by atoms with Crippen LogP contribution in [0.5, 0.6) is 0 Å². The number of ether oxygens (including phenoxy) is 1. The number of carbonyl (C=O) groups excluding carboxylic acids is 1. The molecule has 160 valence electrons. The molecule has 0 atom stereocenters. The molecule has 1 amide bonds. The number of rotatable bonds is 7. The van der Waals surface area contributed by atoms with E-state index >= 15 is 0 Å². The Morgan fingerprint density at radius 2 is 2.07 bits per heavy atom. The molecule has 1 fully saturated rings. The van der Waals surface area contributed by atoms with Crippen LogP contribution < -0.4 is 10.6 Å². The molecule has 9 nitrogen and oxygen atoms in total. The van der Waals surface area contributed by atoms with Gasteiger partial charge in [-0.3, -0.25) is 4.79 Å². The van der Waals surface area contributed by atoms with Crippen LogP contribution in [0.1, 0.15) is 54.3 Å². The van der Waals surface area contributed by atoms with Crippen molar-refractivity contribution < 1.29 is 13.9 Å². The molecule has 1 aliphatic heterocycles. The molecule has 3 aromatic rings. The highest BCUT2D eigenvalue weighted by atomic mass is 16.5. The zero-order valence-electron chi connectivity index (χ0n) is 17.7. The number of anilines is 1. The summed E-state index contributed by atoms with van der Waals surface area (Å²) < 4.78 is 12.6. The summed E-state index contributed by atoms with van der Waals surface area (Å²) in [5.41, 5.74) is 4.08. The lowest BCUT2D eigenvalue weighted by molar-refractivity contribution is 0.0904. The van der Waals surface area contributed by atoms with Crippen LogP contribution in [0.3, 0.4) is 0 Å². The first-order chi connectivity index (χ1) is 14.6. The van der Waals surface area contributed by atoms with E-state index in [1.165, 1.54) is 6.26 Å². The summed E-state index contributed by atoms with van der Waals surface area (Å²) in [6.07, 6.45) is 5.87. The third-order valence-electron chi connectivity index (χ3n) is 5.45. The van der Waals surface area contributed by atoms with Crippen LogP contribution in [0.15, 0.2) is 16.9 Å². The highest BCUT2D eigenvalue weighted by Crippen LogP contribution is 2.31. The van der Waals surface area contributed by atoms with Gasteiger partial charge in [0.15, 0.2) is 17.2 Å². The Hall–Kier alpha value is -2.94. The number of pyridine rings is 1. The number of aromatic nitrogens is 4. The van der Waals surface area contributed by atoms with Gasteiger partial charge in [-0.25, -0.2) is 14.6 Å². The Labute approximate surface area is 175 Å². The van der Waals surface area contributed by atoms with Crippen LogP contribution in [0.25, 0.3) is 11.0 Å². The summed E-state index contributed by atoms with van der Waals surface area (Å²) in [7, 11) is 0. The van der Waals surface area contributed by atoms with E-state index in [1.807, 2.05) is 10.9 Å². The number of nitrogens with zero attached hydrogens (tertiary/aromatic N) is 4. The van der Waals surface area contributed by atoms with Crippen molar-refractivity contribution in [2.45, 2.75) is 59.2 Å². The van der Waals surface area contributed by atoms with Gasteiger partial charge in [0.2, 0.25) is 0 Å². The molecule has 3 aromatic heterocycles. The van der Waals surface area contributed by atoms with Gasteiger partial charge in [0.05, 0.1) is 17.3 Å². The second kappa shape index (κ2) is 8.83. The molecule has 0 bridgehead atoms. The predicted molar refractivity (Wildman–Crippen MR) is 112 cm³/mol. The molecule has 4 heterocycles. The third kappa shape index (κ3) is 4.02. The van der Waals surface area contributed by atoms with Crippen molar-refractivity contribution in [1.29, 1.82) is 0 Å². The summed E-state index contributed by atoms with van der Waals surface area (Å²) >= 11 is 0. The monoisotopic (exact) mass is 412 g/mol. The largest absolute Gasteiger partial charge is 0.448 e. The van der Waals surface area contributed by atoms with E-state index in [0.717, 1.165) is 67.0 Å². The van der Waals surface area contributed by atoms with E-state index in [1.54, 1.807) is 6.92 Å². The molecule has 0 radical (unpaired) electrons. The fourth-order valence-corrected chi connectivity index (χ4v) is 3.83. The molecule has 0 aliphatic carbocycles. The van der Waals surface area contributed by atoms with E-state index in [-0.39, 0.29) is 11.6 Å². The number of aryl methyl sites for hydroxylation is 3. The fourth-order valence-electron chi connectivity index (χ4n) is 3.83. The summed E-state index contributed by atoms with van der Waals surface area (Å²) in [5.74, 6) is 0.196. The Bertz CT molecular complexity index is 1030. The van der Waals surface area contributed by atoms with Gasteiger partial charge in [-0.2, -0.15) is 5.10 Å². The van der Waals surface area contributed by atoms with Gasteiger partial charge < -0.3 is 19.8 Å². The van der Waals surface area contributed by atoms with Gasteiger partial charge in [0, 0.05) is 50.5 Å². The van der Waals surface area contributed by atoms with Crippen LogP contribution >= 0.6 is 0 Å². The SMILES string of the molecule is CCc1nc2c(cnn2CC)c(NC2CCOCC2)c1CNC(=O)c1coc(C)n1. The Kier molecular flexibility index (Phi) is 5.98. The Morgan fingerprint density at radius 1 is 1.27 bits per heavy atom. The maximum absolute atomic E-state index is 12.5. The van der Waals surface area contributed by atoms with E-state index in [4.69, 9.17) is 14.1 Å². The van der Waals surface area contributed by atoms with Gasteiger partial charge in [-0.05, 0) is 26.2 Å². The second-order valence-electron chi connectivity index (χ2n) is 7.43. The molecule has 2 N–H and O–H groups in total. The number of amides is 1. The normalized spacial score (nSPS) is 14.9. The molecule has 0 saturated carbocycles. The third-order valence-corrected chi connectivity index (χ3v) is 5.45. The first kappa shape index (κ1) is 20.3. The minimum atomic E-state index is -0.268. The van der Waals surface area contributed by atoms with Crippen LogP contribution in [-0.4, -0.2) is 44.9 Å². The average Bonchev–Trinajstić information content (AvgIpc) is 3.39. The van der Waals surface area contributed by atoms with Crippen molar-refractivity contribution in [3.63, 3.8) is 0 Å². The number of fused-ring (bicyclic) bond motifs is 1. The highest BCUT2D eigenvalue weighted by molar-refractivity contribution is 5.94. The fraction of sp³-hybridized carbons (Fsp3) is 0.524. The number of hydrogen-bond acceptors (Lipinski definition) is 7. The molecule has 30 heavy (non-hydrogen) atoms. The number of oxazole rings is 1. The topological polar surface area (TPSA) is 107 Å². The van der Waals surface area contributed by atoms with Crippen LogP contribution in [-0.2, 0) is 24.2 Å². The summed E-state index contributed by atoms with van der Waals surface area (Å²) in [4.78, 5) is 21.5. The number of nitrogens with one attached hydrogen (secondary N) is 2. The van der Waals surface area contributed by atoms with Crippen LogP contribution in [0, 0.1) is 6.92 Å². The van der Waals surface area contributed by atoms with E-state index < -0.39 is 0 Å². The van der Waals surface area contributed by atoms with Gasteiger partial charge in [0.25, 0.3) is 5.91 Å². The second-order valence-corrected chi connectivity index (χ2v) is 7.43. The summed E-state index contributed by atoms with van der Waals surface area (Å²) in [6, 6.07) is 0.312. The molecule has 0 aromatic carbocycles. The average molecular weight is 412 g/mol. The lowest BCUT2D eigenvalue weighted by atomic mass is 10.0. The van der Waals surface area contributed by atoms with Crippen molar-refractivity contribution >= 4 is 22.6 Å². The van der Waals surface area contributed by atoms with Crippen molar-refractivity contribution in [2.75, 3.05) is 18.5 Å². The molecular formula is C21H28N6O3.